The Morgan fingerprint density at radius 3 is 1.32 bits per heavy atom. The van der Waals surface area contributed by atoms with Crippen molar-refractivity contribution in [2.24, 2.45) is 0 Å². The van der Waals surface area contributed by atoms with Crippen LogP contribution in [0.2, 0.25) is 16.6 Å². The number of benzene rings is 3. The Kier molecular flexibility index (Phi) is 12.5. The third-order valence-electron chi connectivity index (χ3n) is 8.79. The van der Waals surface area contributed by atoms with Crippen LogP contribution in [0.1, 0.15) is 72.6 Å². The van der Waals surface area contributed by atoms with Crippen LogP contribution < -0.4 is 0 Å². The van der Waals surface area contributed by atoms with E-state index in [1.54, 1.807) is 91.0 Å². The van der Waals surface area contributed by atoms with Crippen LogP contribution in [-0.2, 0) is 28.1 Å². The average molecular weight is 663 g/mol. The van der Waals surface area contributed by atoms with Crippen LogP contribution in [0.3, 0.4) is 0 Å². The molecule has 0 bridgehead atoms. The lowest BCUT2D eigenvalue weighted by Gasteiger charge is -2.47. The lowest BCUT2D eigenvalue weighted by molar-refractivity contribution is -0.291. The molecule has 0 saturated carbocycles. The minimum Gasteiger partial charge on any atom is -0.452 e. The molecule has 1 saturated heterocycles. The molecule has 4 rings (SSSR count). The molecule has 0 spiro atoms. The minimum atomic E-state index is -2.43. The highest BCUT2D eigenvalue weighted by atomic mass is 28.4. The van der Waals surface area contributed by atoms with Gasteiger partial charge in [-0.2, -0.15) is 0 Å². The topological polar surface area (TPSA) is 107 Å². The van der Waals surface area contributed by atoms with Crippen LogP contribution in [0.5, 0.6) is 0 Å². The van der Waals surface area contributed by atoms with Crippen molar-refractivity contribution < 1.29 is 42.5 Å². The van der Waals surface area contributed by atoms with Gasteiger partial charge in [-0.15, -0.1) is 0 Å². The second kappa shape index (κ2) is 16.3. The maximum Gasteiger partial charge on any atom is 0.338 e. The fourth-order valence-electron chi connectivity index (χ4n) is 6.63. The summed E-state index contributed by atoms with van der Waals surface area (Å²) in [5.74, 6) is -2.03. The predicted octanol–water partition coefficient (Wildman–Crippen LogP) is 7.23. The van der Waals surface area contributed by atoms with E-state index in [2.05, 4.69) is 41.5 Å². The van der Waals surface area contributed by atoms with Crippen LogP contribution in [0.15, 0.2) is 91.0 Å². The van der Waals surface area contributed by atoms with Gasteiger partial charge in [0.15, 0.2) is 32.9 Å². The summed E-state index contributed by atoms with van der Waals surface area (Å²) in [5.41, 5.74) is 1.64. The lowest BCUT2D eigenvalue weighted by Crippen LogP contribution is -2.63. The molecule has 5 atom stereocenters. The van der Waals surface area contributed by atoms with Crippen molar-refractivity contribution in [3.63, 3.8) is 0 Å². The highest BCUT2D eigenvalue weighted by Crippen LogP contribution is 2.43. The number of rotatable bonds is 13. The Morgan fingerprint density at radius 1 is 0.596 bits per heavy atom. The van der Waals surface area contributed by atoms with Gasteiger partial charge in [0, 0.05) is 7.11 Å². The molecule has 0 radical (unpaired) electrons. The largest absolute Gasteiger partial charge is 0.452 e. The number of carbonyl (C=O) groups is 3. The summed E-state index contributed by atoms with van der Waals surface area (Å²) in [7, 11) is -1.02. The first-order valence-corrected chi connectivity index (χ1v) is 18.2. The number of methoxy groups -OCH3 is 1. The Labute approximate surface area is 278 Å². The first-order valence-electron chi connectivity index (χ1n) is 16.1. The molecule has 0 aliphatic carbocycles. The molecule has 0 N–H and O–H groups in total. The number of hydrogen-bond acceptors (Lipinski definition) is 9. The van der Waals surface area contributed by atoms with E-state index >= 15 is 0 Å². The van der Waals surface area contributed by atoms with Gasteiger partial charge in [0.05, 0.1) is 23.3 Å². The molecule has 1 fully saturated rings. The Balaban J connectivity index is 1.78. The molecule has 47 heavy (non-hydrogen) atoms. The SMILES string of the molecule is CO[C@H]1O[C@H](CO[Si](C(C)C)(C(C)C)C(C)C)[C@H](OC(=O)c2ccccc2)[C@H](OC(=O)c2ccccc2)[C@H]1OC(=O)c1ccccc1. The number of esters is 3. The molecular weight excluding hydrogens is 616 g/mol. The van der Waals surface area contributed by atoms with Gasteiger partial charge in [-0.3, -0.25) is 0 Å². The zero-order chi connectivity index (χ0) is 34.1. The first-order chi connectivity index (χ1) is 22.5. The van der Waals surface area contributed by atoms with E-state index in [4.69, 9.17) is 28.1 Å². The van der Waals surface area contributed by atoms with Crippen LogP contribution in [0.4, 0.5) is 0 Å². The second-order valence-corrected chi connectivity index (χ2v) is 18.1. The summed E-state index contributed by atoms with van der Waals surface area (Å²) in [6.07, 6.45) is -5.95. The molecule has 3 aromatic rings. The molecule has 0 unspecified atom stereocenters. The third-order valence-corrected chi connectivity index (χ3v) is 14.9. The highest BCUT2D eigenvalue weighted by Gasteiger charge is 2.54. The molecule has 3 aromatic carbocycles. The predicted molar refractivity (Wildman–Crippen MR) is 180 cm³/mol. The molecule has 1 aliphatic heterocycles. The summed E-state index contributed by atoms with van der Waals surface area (Å²) >= 11 is 0. The zero-order valence-corrected chi connectivity index (χ0v) is 29.2. The smallest absolute Gasteiger partial charge is 0.338 e. The van der Waals surface area contributed by atoms with Gasteiger partial charge >= 0.3 is 17.9 Å². The summed E-state index contributed by atoms with van der Waals surface area (Å²) in [5, 5.41) is 0. The van der Waals surface area contributed by atoms with E-state index in [-0.39, 0.29) is 34.4 Å². The quantitative estimate of drug-likeness (QED) is 0.106. The van der Waals surface area contributed by atoms with Crippen LogP contribution in [-0.4, -0.2) is 70.6 Å². The molecule has 10 heteroatoms. The van der Waals surface area contributed by atoms with Crippen molar-refractivity contribution in [3.8, 4) is 0 Å². The van der Waals surface area contributed by atoms with Crippen molar-refractivity contribution in [2.75, 3.05) is 13.7 Å². The summed E-state index contributed by atoms with van der Waals surface area (Å²) < 4.78 is 37.3. The summed E-state index contributed by atoms with van der Waals surface area (Å²) in [6, 6.07) is 25.3. The zero-order valence-electron chi connectivity index (χ0n) is 28.2. The van der Waals surface area contributed by atoms with E-state index in [1.165, 1.54) is 7.11 Å². The van der Waals surface area contributed by atoms with Crippen LogP contribution in [0, 0.1) is 0 Å². The fraction of sp³-hybridized carbons (Fsp3) is 0.432. The molecule has 1 aliphatic rings. The van der Waals surface area contributed by atoms with Gasteiger partial charge in [0.1, 0.15) is 6.10 Å². The molecule has 0 aromatic heterocycles. The van der Waals surface area contributed by atoms with Crippen molar-refractivity contribution in [2.45, 2.75) is 88.9 Å². The van der Waals surface area contributed by atoms with Crippen molar-refractivity contribution in [1.29, 1.82) is 0 Å². The standard InChI is InChI=1S/C37H46O9Si/c1-24(2)47(25(3)4,26(5)6)42-23-30-31(44-34(38)27-17-11-8-12-18-27)32(45-35(39)28-19-13-9-14-20-28)33(37(41-7)43-30)46-36(40)29-21-15-10-16-22-29/h8-22,24-26,30-33,37H,23H2,1-7H3/t30-,31+,32+,33-,37+/m1/s1. The van der Waals surface area contributed by atoms with Gasteiger partial charge in [-0.25, -0.2) is 14.4 Å². The van der Waals surface area contributed by atoms with Gasteiger partial charge < -0.3 is 28.1 Å². The fourth-order valence-corrected chi connectivity index (χ4v) is 12.1. The number of carbonyl (C=O) groups excluding carboxylic acids is 3. The van der Waals surface area contributed by atoms with Gasteiger partial charge in [0.25, 0.3) is 0 Å². The van der Waals surface area contributed by atoms with Crippen molar-refractivity contribution >= 4 is 26.2 Å². The Bertz CT molecular complexity index is 1420. The van der Waals surface area contributed by atoms with Crippen LogP contribution in [0.25, 0.3) is 0 Å². The highest BCUT2D eigenvalue weighted by molar-refractivity contribution is 6.77. The molecule has 1 heterocycles. The van der Waals surface area contributed by atoms with Crippen LogP contribution >= 0.6 is 0 Å². The molecule has 9 nitrogen and oxygen atoms in total. The second-order valence-electron chi connectivity index (χ2n) is 12.6. The van der Waals surface area contributed by atoms with E-state index in [0.717, 1.165) is 0 Å². The number of hydrogen-bond donors (Lipinski definition) is 0. The minimum absolute atomic E-state index is 0.0338. The first kappa shape index (κ1) is 36.0. The lowest BCUT2D eigenvalue weighted by atomic mass is 9.97. The monoisotopic (exact) mass is 662 g/mol. The third kappa shape index (κ3) is 8.37. The Hall–Kier alpha value is -3.83. The molecule has 0 amide bonds. The summed E-state index contributed by atoms with van der Waals surface area (Å²) in [6.45, 7) is 13.0. The van der Waals surface area contributed by atoms with E-state index < -0.39 is 56.9 Å². The van der Waals surface area contributed by atoms with Gasteiger partial charge in [-0.05, 0) is 53.0 Å². The Morgan fingerprint density at radius 2 is 0.957 bits per heavy atom. The van der Waals surface area contributed by atoms with Crippen molar-refractivity contribution in [1.82, 2.24) is 0 Å². The van der Waals surface area contributed by atoms with Gasteiger partial charge in [0.2, 0.25) is 0 Å². The number of ether oxygens (including phenoxy) is 5. The normalized spacial score (nSPS) is 21.4. The van der Waals surface area contributed by atoms with E-state index in [1.807, 2.05) is 0 Å². The van der Waals surface area contributed by atoms with E-state index in [9.17, 15) is 14.4 Å². The average Bonchev–Trinajstić information content (AvgIpc) is 3.07. The molecular formula is C37H46O9Si. The summed E-state index contributed by atoms with van der Waals surface area (Å²) in [4.78, 5) is 40.6. The molecule has 252 valence electrons. The maximum atomic E-state index is 13.6. The maximum absolute atomic E-state index is 13.6. The van der Waals surface area contributed by atoms with E-state index in [0.29, 0.717) is 5.56 Å². The van der Waals surface area contributed by atoms with Gasteiger partial charge in [-0.1, -0.05) is 96.1 Å². The van der Waals surface area contributed by atoms with Crippen molar-refractivity contribution in [3.05, 3.63) is 108 Å².